The predicted molar refractivity (Wildman–Crippen MR) is 149 cm³/mol. The van der Waals surface area contributed by atoms with Gasteiger partial charge in [0.05, 0.1) is 26.5 Å². The first-order valence-electron chi connectivity index (χ1n) is 11.7. The van der Waals surface area contributed by atoms with Gasteiger partial charge in [0.15, 0.2) is 16.7 Å². The highest BCUT2D eigenvalue weighted by Gasteiger charge is 2.36. The summed E-state index contributed by atoms with van der Waals surface area (Å²) < 4.78 is 10.7. The Morgan fingerprint density at radius 2 is 1.78 bits per heavy atom. The molecular weight excluding hydrogens is 510 g/mol. The molecule has 1 unspecified atom stereocenters. The number of benzene rings is 3. The molecule has 2 amide bonds. The molecule has 1 saturated heterocycles. The summed E-state index contributed by atoms with van der Waals surface area (Å²) in [6.07, 6.45) is 0.0499. The smallest absolute Gasteiger partial charge is 0.238 e. The molecule has 192 valence electrons. The van der Waals surface area contributed by atoms with E-state index in [1.807, 2.05) is 44.2 Å². The summed E-state index contributed by atoms with van der Waals surface area (Å²) in [4.78, 5) is 32.9. The Hall–Kier alpha value is -3.49. The average Bonchev–Trinajstić information content (AvgIpc) is 2.88. The molecule has 9 heteroatoms. The number of amidine groups is 1. The van der Waals surface area contributed by atoms with Gasteiger partial charge in [-0.3, -0.25) is 14.5 Å². The van der Waals surface area contributed by atoms with Crippen LogP contribution in [0.2, 0.25) is 5.02 Å². The van der Waals surface area contributed by atoms with Crippen LogP contribution in [0.25, 0.3) is 0 Å². The lowest BCUT2D eigenvalue weighted by atomic mass is 10.1. The molecule has 3 aromatic carbocycles. The van der Waals surface area contributed by atoms with Crippen LogP contribution in [0.15, 0.2) is 65.7 Å². The van der Waals surface area contributed by atoms with Gasteiger partial charge in [-0.15, -0.1) is 0 Å². The molecule has 1 fully saturated rings. The normalized spacial score (nSPS) is 16.6. The van der Waals surface area contributed by atoms with Crippen molar-refractivity contribution in [3.63, 3.8) is 0 Å². The number of halogens is 1. The molecule has 0 saturated carbocycles. The van der Waals surface area contributed by atoms with E-state index in [2.05, 4.69) is 5.32 Å². The molecule has 3 aromatic rings. The first-order chi connectivity index (χ1) is 17.8. The van der Waals surface area contributed by atoms with Crippen molar-refractivity contribution in [3.8, 4) is 11.5 Å². The molecule has 7 nitrogen and oxygen atoms in total. The van der Waals surface area contributed by atoms with E-state index in [1.54, 1.807) is 49.5 Å². The van der Waals surface area contributed by atoms with Gasteiger partial charge in [-0.2, -0.15) is 0 Å². The van der Waals surface area contributed by atoms with E-state index in [-0.39, 0.29) is 24.8 Å². The van der Waals surface area contributed by atoms with Crippen LogP contribution in [0.1, 0.15) is 23.1 Å². The molecule has 1 atom stereocenters. The zero-order valence-corrected chi connectivity index (χ0v) is 22.7. The van der Waals surface area contributed by atoms with Gasteiger partial charge in [0, 0.05) is 17.1 Å². The molecule has 0 radical (unpaired) electrons. The van der Waals surface area contributed by atoms with Gasteiger partial charge >= 0.3 is 0 Å². The van der Waals surface area contributed by atoms with E-state index in [9.17, 15) is 9.59 Å². The highest BCUT2D eigenvalue weighted by atomic mass is 35.5. The number of aryl methyl sites for hydroxylation is 2. The zero-order chi connectivity index (χ0) is 26.5. The maximum Gasteiger partial charge on any atom is 0.238 e. The summed E-state index contributed by atoms with van der Waals surface area (Å²) in [6.45, 7) is 4.21. The van der Waals surface area contributed by atoms with Crippen LogP contribution in [-0.2, 0) is 16.1 Å². The van der Waals surface area contributed by atoms with Gasteiger partial charge in [-0.25, -0.2) is 4.99 Å². The van der Waals surface area contributed by atoms with Gasteiger partial charge < -0.3 is 14.8 Å². The number of nitrogens with one attached hydrogen (secondary N) is 1. The van der Waals surface area contributed by atoms with Crippen LogP contribution in [0.5, 0.6) is 11.5 Å². The number of amides is 2. The van der Waals surface area contributed by atoms with Crippen LogP contribution in [-0.4, -0.2) is 41.4 Å². The zero-order valence-electron chi connectivity index (χ0n) is 21.1. The molecule has 0 bridgehead atoms. The Morgan fingerprint density at radius 1 is 1.05 bits per heavy atom. The largest absolute Gasteiger partial charge is 0.493 e. The summed E-state index contributed by atoms with van der Waals surface area (Å²) in [5.74, 6) is 0.740. The second-order valence-corrected chi connectivity index (χ2v) is 10.3. The fraction of sp³-hybridized carbons (Fsp3) is 0.250. The van der Waals surface area contributed by atoms with Crippen molar-refractivity contribution in [2.24, 2.45) is 4.99 Å². The average molecular weight is 538 g/mol. The fourth-order valence-corrected chi connectivity index (χ4v) is 5.18. The highest BCUT2D eigenvalue weighted by molar-refractivity contribution is 8.15. The van der Waals surface area contributed by atoms with Crippen molar-refractivity contribution in [1.82, 2.24) is 4.90 Å². The second kappa shape index (κ2) is 11.7. The van der Waals surface area contributed by atoms with Gasteiger partial charge in [0.2, 0.25) is 11.8 Å². The number of hydrogen-bond donors (Lipinski definition) is 1. The molecule has 0 aliphatic carbocycles. The minimum atomic E-state index is -0.624. The Balaban J connectivity index is 1.62. The Labute approximate surface area is 225 Å². The predicted octanol–water partition coefficient (Wildman–Crippen LogP) is 6.13. The summed E-state index contributed by atoms with van der Waals surface area (Å²) in [5, 5.41) is 3.38. The van der Waals surface area contributed by atoms with Crippen molar-refractivity contribution in [2.45, 2.75) is 32.1 Å². The quantitative estimate of drug-likeness (QED) is 0.392. The number of carbonyl (C=O) groups is 2. The molecule has 0 aromatic heterocycles. The molecule has 1 aliphatic heterocycles. The maximum atomic E-state index is 13.4. The number of ether oxygens (including phenoxy) is 2. The third-order valence-corrected chi connectivity index (χ3v) is 7.35. The second-order valence-electron chi connectivity index (χ2n) is 8.66. The first kappa shape index (κ1) is 26.6. The first-order valence-corrected chi connectivity index (χ1v) is 12.9. The molecule has 4 rings (SSSR count). The Morgan fingerprint density at radius 3 is 2.46 bits per heavy atom. The van der Waals surface area contributed by atoms with E-state index in [0.29, 0.717) is 27.4 Å². The molecule has 1 heterocycles. The number of anilines is 1. The number of rotatable bonds is 7. The molecule has 37 heavy (non-hydrogen) atoms. The topological polar surface area (TPSA) is 80.2 Å². The summed E-state index contributed by atoms with van der Waals surface area (Å²) in [7, 11) is 3.14. The van der Waals surface area contributed by atoms with Crippen LogP contribution >= 0.6 is 23.4 Å². The van der Waals surface area contributed by atoms with E-state index in [4.69, 9.17) is 26.1 Å². The number of methoxy groups -OCH3 is 2. The van der Waals surface area contributed by atoms with Gasteiger partial charge in [0.1, 0.15) is 5.25 Å². The van der Waals surface area contributed by atoms with Gasteiger partial charge in [-0.05, 0) is 67.4 Å². The third kappa shape index (κ3) is 6.45. The lowest BCUT2D eigenvalue weighted by Gasteiger charge is -2.32. The minimum absolute atomic E-state index is 0.0499. The van der Waals surface area contributed by atoms with E-state index < -0.39 is 5.25 Å². The standard InChI is InChI=1S/C28H28ClN3O4S/c1-17-5-11-22(18(2)13-17)31-27(34)25-15-26(33)32(16-19-6-12-23(35-3)24(14-19)36-4)28(37-25)30-21-9-7-20(29)8-10-21/h5-14,25H,15-16H2,1-4H3,(H,31,34). The number of carbonyl (C=O) groups excluding carboxylic acids is 2. The molecule has 1 aliphatic rings. The van der Waals surface area contributed by atoms with Gasteiger partial charge in [-0.1, -0.05) is 47.1 Å². The van der Waals surface area contributed by atoms with Crippen molar-refractivity contribution in [1.29, 1.82) is 0 Å². The molecular formula is C28H28ClN3O4S. The summed E-state index contributed by atoms with van der Waals surface area (Å²) in [6, 6.07) is 18.3. The van der Waals surface area contributed by atoms with Crippen molar-refractivity contribution in [2.75, 3.05) is 19.5 Å². The third-order valence-electron chi connectivity index (χ3n) is 5.91. The molecule has 0 spiro atoms. The monoisotopic (exact) mass is 537 g/mol. The Kier molecular flexibility index (Phi) is 8.41. The fourth-order valence-electron chi connectivity index (χ4n) is 3.95. The minimum Gasteiger partial charge on any atom is -0.493 e. The lowest BCUT2D eigenvalue weighted by Crippen LogP contribution is -2.44. The van der Waals surface area contributed by atoms with E-state index >= 15 is 0 Å². The maximum absolute atomic E-state index is 13.4. The van der Waals surface area contributed by atoms with Crippen molar-refractivity contribution in [3.05, 3.63) is 82.4 Å². The van der Waals surface area contributed by atoms with E-state index in [1.165, 1.54) is 11.8 Å². The lowest BCUT2D eigenvalue weighted by molar-refractivity contribution is -0.129. The van der Waals surface area contributed by atoms with Crippen LogP contribution in [0.3, 0.4) is 0 Å². The number of nitrogens with zero attached hydrogens (tertiary/aromatic N) is 2. The molecule has 1 N–H and O–H groups in total. The number of hydrogen-bond acceptors (Lipinski definition) is 6. The van der Waals surface area contributed by atoms with E-state index in [0.717, 1.165) is 22.4 Å². The highest BCUT2D eigenvalue weighted by Crippen LogP contribution is 2.33. The summed E-state index contributed by atoms with van der Waals surface area (Å²) in [5.41, 5.74) is 4.28. The Bertz CT molecular complexity index is 1340. The summed E-state index contributed by atoms with van der Waals surface area (Å²) >= 11 is 7.31. The van der Waals surface area contributed by atoms with Crippen molar-refractivity contribution >= 4 is 51.7 Å². The van der Waals surface area contributed by atoms with Crippen LogP contribution in [0, 0.1) is 13.8 Å². The van der Waals surface area contributed by atoms with Gasteiger partial charge in [0.25, 0.3) is 0 Å². The number of aliphatic imine (C=N–C) groups is 1. The SMILES string of the molecule is COc1ccc(CN2C(=O)CC(C(=O)Nc3ccc(C)cc3C)SC2=Nc2ccc(Cl)cc2)cc1OC. The van der Waals surface area contributed by atoms with Crippen LogP contribution < -0.4 is 14.8 Å². The number of thioether (sulfide) groups is 1. The van der Waals surface area contributed by atoms with Crippen molar-refractivity contribution < 1.29 is 19.1 Å². The van der Waals surface area contributed by atoms with Crippen LogP contribution in [0.4, 0.5) is 11.4 Å².